The van der Waals surface area contributed by atoms with Crippen molar-refractivity contribution in [3.63, 3.8) is 0 Å². The van der Waals surface area contributed by atoms with E-state index in [0.717, 1.165) is 22.7 Å². The largest absolute Gasteiger partial charge is 0.494 e. The minimum atomic E-state index is -0.180. The van der Waals surface area contributed by atoms with Crippen LogP contribution in [0.1, 0.15) is 30.3 Å². The van der Waals surface area contributed by atoms with Crippen LogP contribution in [0.3, 0.4) is 0 Å². The fourth-order valence-electron chi connectivity index (χ4n) is 2.20. The first-order valence-electron chi connectivity index (χ1n) is 8.15. The van der Waals surface area contributed by atoms with E-state index < -0.39 is 0 Å². The van der Waals surface area contributed by atoms with E-state index in [1.807, 2.05) is 24.3 Å². The molecule has 0 N–H and O–H groups in total. The Bertz CT molecular complexity index is 747. The maximum absolute atomic E-state index is 12.6. The smallest absolute Gasteiger partial charge is 0.273 e. The van der Waals surface area contributed by atoms with E-state index in [-0.39, 0.29) is 12.3 Å². The third-order valence-electron chi connectivity index (χ3n) is 3.43. The van der Waals surface area contributed by atoms with Crippen LogP contribution in [0.4, 0.5) is 0 Å². The van der Waals surface area contributed by atoms with Crippen molar-refractivity contribution in [1.82, 2.24) is 9.88 Å². The number of ether oxygens (including phenoxy) is 1. The van der Waals surface area contributed by atoms with Crippen molar-refractivity contribution >= 4 is 17.2 Å². The summed E-state index contributed by atoms with van der Waals surface area (Å²) in [5, 5.41) is 11.3. The summed E-state index contributed by atoms with van der Waals surface area (Å²) in [4.78, 5) is 18.6. The Morgan fingerprint density at radius 1 is 1.44 bits per heavy atom. The van der Waals surface area contributed by atoms with Crippen LogP contribution in [-0.4, -0.2) is 35.5 Å². The molecule has 1 aromatic heterocycles. The number of hydrogen-bond acceptors (Lipinski definition) is 5. The average Bonchev–Trinajstić information content (AvgIpc) is 3.13. The summed E-state index contributed by atoms with van der Waals surface area (Å²) in [6.45, 7) is 7.19. The van der Waals surface area contributed by atoms with Crippen LogP contribution in [0, 0.1) is 11.3 Å². The van der Waals surface area contributed by atoms with E-state index in [0.29, 0.717) is 25.4 Å². The standard InChI is InChI=1S/C19H21N3O2S/c1-3-11-22(12-5-10-20)19(23)17-14-25-18(21-17)15-6-8-16(9-7-15)24-13-4-2/h3,6-9,14H,1,4-5,11-13H2,2H3. The van der Waals surface area contributed by atoms with Gasteiger partial charge in [-0.25, -0.2) is 4.98 Å². The van der Waals surface area contributed by atoms with E-state index in [2.05, 4.69) is 24.6 Å². The number of nitrogens with zero attached hydrogens (tertiary/aromatic N) is 3. The molecule has 0 atom stereocenters. The van der Waals surface area contributed by atoms with Crippen molar-refractivity contribution in [2.24, 2.45) is 0 Å². The Hall–Kier alpha value is -2.65. The van der Waals surface area contributed by atoms with Gasteiger partial charge in [0.15, 0.2) is 0 Å². The topological polar surface area (TPSA) is 66.2 Å². The second kappa shape index (κ2) is 9.60. The second-order valence-electron chi connectivity index (χ2n) is 5.36. The molecule has 2 aromatic rings. The summed E-state index contributed by atoms with van der Waals surface area (Å²) in [6, 6.07) is 9.75. The third kappa shape index (κ3) is 5.16. The van der Waals surface area contributed by atoms with Crippen LogP contribution in [0.2, 0.25) is 0 Å². The number of aromatic nitrogens is 1. The summed E-state index contributed by atoms with van der Waals surface area (Å²) < 4.78 is 5.57. The third-order valence-corrected chi connectivity index (χ3v) is 4.32. The molecule has 0 radical (unpaired) electrons. The second-order valence-corrected chi connectivity index (χ2v) is 6.22. The predicted molar refractivity (Wildman–Crippen MR) is 99.7 cm³/mol. The Balaban J connectivity index is 2.11. The molecule has 0 saturated carbocycles. The molecule has 5 nitrogen and oxygen atoms in total. The van der Waals surface area contributed by atoms with E-state index in [1.54, 1.807) is 16.4 Å². The maximum Gasteiger partial charge on any atom is 0.273 e. The molecule has 0 aliphatic heterocycles. The molecule has 1 aromatic carbocycles. The van der Waals surface area contributed by atoms with Gasteiger partial charge in [0.05, 0.1) is 19.1 Å². The van der Waals surface area contributed by atoms with Gasteiger partial charge in [-0.15, -0.1) is 17.9 Å². The highest BCUT2D eigenvalue weighted by Gasteiger charge is 2.18. The molecule has 0 saturated heterocycles. The molecule has 0 aliphatic rings. The molecule has 0 spiro atoms. The zero-order valence-electron chi connectivity index (χ0n) is 14.3. The molecule has 0 bridgehead atoms. The quantitative estimate of drug-likeness (QED) is 0.634. The highest BCUT2D eigenvalue weighted by atomic mass is 32.1. The number of nitriles is 1. The fraction of sp³-hybridized carbons (Fsp3) is 0.316. The first-order valence-corrected chi connectivity index (χ1v) is 9.03. The molecule has 1 amide bonds. The van der Waals surface area contributed by atoms with Crippen molar-refractivity contribution < 1.29 is 9.53 Å². The summed E-state index contributed by atoms with van der Waals surface area (Å²) in [5.74, 6) is 0.646. The van der Waals surface area contributed by atoms with Gasteiger partial charge in [0, 0.05) is 24.0 Å². The molecule has 0 unspecified atom stereocenters. The van der Waals surface area contributed by atoms with E-state index >= 15 is 0 Å². The SMILES string of the molecule is C=CCN(CCC#N)C(=O)c1csc(-c2ccc(OCCC)cc2)n1. The lowest BCUT2D eigenvalue weighted by Crippen LogP contribution is -2.32. The molecule has 6 heteroatoms. The lowest BCUT2D eigenvalue weighted by molar-refractivity contribution is 0.0772. The number of thiazole rings is 1. The molecular weight excluding hydrogens is 334 g/mol. The monoisotopic (exact) mass is 355 g/mol. The Labute approximate surface area is 152 Å². The number of amides is 1. The summed E-state index contributed by atoms with van der Waals surface area (Å²) >= 11 is 1.42. The van der Waals surface area contributed by atoms with Crippen molar-refractivity contribution in [2.45, 2.75) is 19.8 Å². The number of rotatable bonds is 9. The van der Waals surface area contributed by atoms with E-state index in [9.17, 15) is 4.79 Å². The van der Waals surface area contributed by atoms with Crippen molar-refractivity contribution in [3.05, 3.63) is 48.0 Å². The van der Waals surface area contributed by atoms with Crippen LogP contribution >= 0.6 is 11.3 Å². The average molecular weight is 355 g/mol. The van der Waals surface area contributed by atoms with Crippen molar-refractivity contribution in [3.8, 4) is 22.4 Å². The zero-order chi connectivity index (χ0) is 18.1. The minimum absolute atomic E-state index is 0.180. The van der Waals surface area contributed by atoms with Crippen LogP contribution in [0.5, 0.6) is 5.75 Å². The maximum atomic E-state index is 12.6. The van der Waals surface area contributed by atoms with Crippen molar-refractivity contribution in [2.75, 3.05) is 19.7 Å². The van der Waals surface area contributed by atoms with E-state index in [1.165, 1.54) is 11.3 Å². The summed E-state index contributed by atoms with van der Waals surface area (Å²) in [6.07, 6.45) is 2.90. The summed E-state index contributed by atoms with van der Waals surface area (Å²) in [7, 11) is 0. The van der Waals surface area contributed by atoms with Crippen LogP contribution in [0.15, 0.2) is 42.3 Å². The van der Waals surface area contributed by atoms with Gasteiger partial charge in [0.2, 0.25) is 0 Å². The Morgan fingerprint density at radius 2 is 2.20 bits per heavy atom. The van der Waals surface area contributed by atoms with Gasteiger partial charge in [0.25, 0.3) is 5.91 Å². The lowest BCUT2D eigenvalue weighted by atomic mass is 10.2. The first-order chi connectivity index (χ1) is 12.2. The molecular formula is C19H21N3O2S. The van der Waals surface area contributed by atoms with Crippen LogP contribution < -0.4 is 4.74 Å². The fourth-order valence-corrected chi connectivity index (χ4v) is 3.00. The molecule has 0 fully saturated rings. The molecule has 25 heavy (non-hydrogen) atoms. The van der Waals surface area contributed by atoms with Gasteiger partial charge >= 0.3 is 0 Å². The van der Waals surface area contributed by atoms with E-state index in [4.69, 9.17) is 10.00 Å². The number of hydrogen-bond donors (Lipinski definition) is 0. The first kappa shape index (κ1) is 18.7. The predicted octanol–water partition coefficient (Wildman–Crippen LogP) is 4.14. The normalized spacial score (nSPS) is 10.1. The van der Waals surface area contributed by atoms with Gasteiger partial charge in [-0.3, -0.25) is 4.79 Å². The molecule has 130 valence electrons. The van der Waals surface area contributed by atoms with Gasteiger partial charge in [-0.2, -0.15) is 5.26 Å². The van der Waals surface area contributed by atoms with Crippen LogP contribution in [-0.2, 0) is 0 Å². The number of carbonyl (C=O) groups is 1. The number of carbonyl (C=O) groups excluding carboxylic acids is 1. The Morgan fingerprint density at radius 3 is 2.84 bits per heavy atom. The lowest BCUT2D eigenvalue weighted by Gasteiger charge is -2.18. The molecule has 0 aliphatic carbocycles. The van der Waals surface area contributed by atoms with Crippen LogP contribution in [0.25, 0.3) is 10.6 Å². The highest BCUT2D eigenvalue weighted by molar-refractivity contribution is 7.13. The van der Waals surface area contributed by atoms with Crippen molar-refractivity contribution in [1.29, 1.82) is 5.26 Å². The molecule has 1 heterocycles. The zero-order valence-corrected chi connectivity index (χ0v) is 15.1. The Kier molecular flexibility index (Phi) is 7.17. The van der Waals surface area contributed by atoms with Gasteiger partial charge in [0.1, 0.15) is 16.5 Å². The number of benzene rings is 1. The van der Waals surface area contributed by atoms with Gasteiger partial charge in [-0.1, -0.05) is 13.0 Å². The summed E-state index contributed by atoms with van der Waals surface area (Å²) in [5.41, 5.74) is 1.34. The molecule has 2 rings (SSSR count). The highest BCUT2D eigenvalue weighted by Crippen LogP contribution is 2.26. The van der Waals surface area contributed by atoms with Gasteiger partial charge in [-0.05, 0) is 30.7 Å². The van der Waals surface area contributed by atoms with Gasteiger partial charge < -0.3 is 9.64 Å². The minimum Gasteiger partial charge on any atom is -0.494 e.